The van der Waals surface area contributed by atoms with E-state index in [-0.39, 0.29) is 11.7 Å². The van der Waals surface area contributed by atoms with Crippen LogP contribution in [0.3, 0.4) is 0 Å². The number of anilines is 6. The van der Waals surface area contributed by atoms with Gasteiger partial charge in [0.25, 0.3) is 5.91 Å². The predicted octanol–water partition coefficient (Wildman–Crippen LogP) is 4.92. The summed E-state index contributed by atoms with van der Waals surface area (Å²) in [5.41, 5.74) is 4.97. The first-order valence-electron chi connectivity index (χ1n) is 16.1. The van der Waals surface area contributed by atoms with Crippen LogP contribution in [0.25, 0.3) is 0 Å². The summed E-state index contributed by atoms with van der Waals surface area (Å²) in [6.07, 6.45) is 8.21. The van der Waals surface area contributed by atoms with Gasteiger partial charge < -0.3 is 26.6 Å². The number of nitrogens with zero attached hydrogens (tertiary/aromatic N) is 4. The topological polar surface area (TPSA) is 214 Å². The first-order valence-corrected chi connectivity index (χ1v) is 17.4. The summed E-state index contributed by atoms with van der Waals surface area (Å²) >= 11 is -1.50. The summed E-state index contributed by atoms with van der Waals surface area (Å²) < 4.78 is 33.2. The van der Waals surface area contributed by atoms with Gasteiger partial charge in [-0.3, -0.25) is 9.59 Å². The third-order valence-electron chi connectivity index (χ3n) is 7.72. The average Bonchev–Trinajstić information content (AvgIpc) is 4.06. The normalized spacial score (nSPS) is 12.5. The number of aryl methyl sites for hydroxylation is 2. The molecule has 270 valence electrons. The van der Waals surface area contributed by atoms with Crippen LogP contribution in [0.15, 0.2) is 60.9 Å². The van der Waals surface area contributed by atoms with Crippen LogP contribution in [0, 0.1) is 25.7 Å². The zero-order valence-corrected chi connectivity index (χ0v) is 30.4. The molecule has 0 bridgehead atoms. The van der Waals surface area contributed by atoms with Crippen LogP contribution in [0.1, 0.15) is 64.4 Å². The van der Waals surface area contributed by atoms with E-state index in [0.717, 1.165) is 47.4 Å². The Labute approximate surface area is 303 Å². The Kier molecular flexibility index (Phi) is 16.4. The summed E-state index contributed by atoms with van der Waals surface area (Å²) in [5, 5.41) is 15.6. The second kappa shape index (κ2) is 20.9. The number of carbonyl (C=O) groups is 2. The lowest BCUT2D eigenvalue weighted by Crippen LogP contribution is -2.21. The van der Waals surface area contributed by atoms with E-state index in [2.05, 4.69) is 46.5 Å². The SMILES string of the molecule is CC(=O)c1cnc(NCC2CC2)nc1Nc1ccccc1C.CNC(=O)c1cnc(NCC2CC2)nc1Nc1ccccc1C.O=S=O.O=S=O. The van der Waals surface area contributed by atoms with E-state index in [1.54, 1.807) is 19.4 Å². The highest BCUT2D eigenvalue weighted by Gasteiger charge is 2.22. The van der Waals surface area contributed by atoms with Crippen LogP contribution in [0.4, 0.5) is 34.9 Å². The predicted molar refractivity (Wildman–Crippen MR) is 197 cm³/mol. The minimum absolute atomic E-state index is 0.0511. The fraction of sp³-hybridized carbons (Fsp3) is 0.353. The van der Waals surface area contributed by atoms with Crippen LogP contribution in [-0.2, 0) is 23.1 Å². The van der Waals surface area contributed by atoms with Crippen molar-refractivity contribution >= 4 is 69.7 Å². The largest absolute Gasteiger partial charge is 0.355 e. The van der Waals surface area contributed by atoms with Gasteiger partial charge in [-0.05, 0) is 81.5 Å². The van der Waals surface area contributed by atoms with Crippen molar-refractivity contribution in [1.82, 2.24) is 25.3 Å². The van der Waals surface area contributed by atoms with Crippen molar-refractivity contribution in [2.24, 2.45) is 11.8 Å². The van der Waals surface area contributed by atoms with Gasteiger partial charge in [-0.1, -0.05) is 36.4 Å². The zero-order chi connectivity index (χ0) is 37.2. The standard InChI is InChI=1S/C17H21N5O.C17H20N4O.2O2S/c1-11-5-3-4-6-14(11)21-15-13(16(23)18-2)10-20-17(22-15)19-9-12-7-8-12;1-11-5-3-4-6-15(11)20-16-14(12(2)22)10-19-17(21-16)18-9-13-7-8-13;2*1-3-2/h3-6,10,12H,7-9H2,1-2H3,(H,18,23)(H2,19,20,21,22);3-6,10,13H,7-9H2,1-2H3,(H2,18,19,20,21);;. The molecule has 4 aromatic rings. The minimum Gasteiger partial charge on any atom is -0.355 e. The monoisotopic (exact) mass is 735 g/mol. The van der Waals surface area contributed by atoms with Gasteiger partial charge in [0.05, 0.1) is 5.56 Å². The van der Waals surface area contributed by atoms with Gasteiger partial charge in [0.2, 0.25) is 11.9 Å². The number of rotatable bonds is 12. The zero-order valence-electron chi connectivity index (χ0n) is 28.7. The molecular formula is C34H41N9O6S2. The number of benzene rings is 2. The summed E-state index contributed by atoms with van der Waals surface area (Å²) in [5.74, 6) is 3.36. The van der Waals surface area contributed by atoms with Crippen molar-refractivity contribution in [2.45, 2.75) is 46.5 Å². The van der Waals surface area contributed by atoms with E-state index < -0.39 is 23.1 Å². The third-order valence-corrected chi connectivity index (χ3v) is 7.72. The van der Waals surface area contributed by atoms with Gasteiger partial charge in [-0.15, -0.1) is 0 Å². The van der Waals surface area contributed by atoms with Crippen LogP contribution >= 0.6 is 0 Å². The fourth-order valence-electron chi connectivity index (χ4n) is 4.48. The number of hydrogen-bond donors (Lipinski definition) is 5. The minimum atomic E-state index is -0.750. The second-order valence-corrected chi connectivity index (χ2v) is 12.0. The number of carbonyl (C=O) groups excluding carboxylic acids is 2. The molecule has 51 heavy (non-hydrogen) atoms. The van der Waals surface area contributed by atoms with Crippen molar-refractivity contribution in [3.63, 3.8) is 0 Å². The van der Waals surface area contributed by atoms with Gasteiger partial charge in [0, 0.05) is 43.9 Å². The molecule has 2 heterocycles. The Balaban J connectivity index is 0.000000239. The van der Waals surface area contributed by atoms with E-state index >= 15 is 0 Å². The number of para-hydroxylation sites is 2. The van der Waals surface area contributed by atoms with E-state index in [1.165, 1.54) is 32.6 Å². The highest BCUT2D eigenvalue weighted by atomic mass is 32.1. The average molecular weight is 736 g/mol. The van der Waals surface area contributed by atoms with E-state index in [0.29, 0.717) is 34.7 Å². The maximum absolute atomic E-state index is 12.0. The van der Waals surface area contributed by atoms with Crippen molar-refractivity contribution in [3.05, 3.63) is 83.2 Å². The highest BCUT2D eigenvalue weighted by molar-refractivity contribution is 7.51. The van der Waals surface area contributed by atoms with Gasteiger partial charge in [0.1, 0.15) is 17.2 Å². The van der Waals surface area contributed by atoms with Crippen LogP contribution in [0.2, 0.25) is 0 Å². The lowest BCUT2D eigenvalue weighted by molar-refractivity contribution is 0.0962. The number of nitrogens with one attached hydrogen (secondary N) is 5. The number of aromatic nitrogens is 4. The summed E-state index contributed by atoms with van der Waals surface area (Å²) in [6, 6.07) is 15.8. The molecule has 0 spiro atoms. The molecule has 0 atom stereocenters. The summed E-state index contributed by atoms with van der Waals surface area (Å²) in [6.45, 7) is 7.32. The molecule has 2 aromatic heterocycles. The molecular weight excluding hydrogens is 695 g/mol. The highest BCUT2D eigenvalue weighted by Crippen LogP contribution is 2.30. The lowest BCUT2D eigenvalue weighted by Gasteiger charge is -2.13. The van der Waals surface area contributed by atoms with Crippen molar-refractivity contribution in [2.75, 3.05) is 41.4 Å². The maximum Gasteiger partial charge on any atom is 0.335 e. The first-order chi connectivity index (χ1) is 24.6. The molecule has 5 N–H and O–H groups in total. The molecule has 0 aliphatic heterocycles. The van der Waals surface area contributed by atoms with Crippen LogP contribution in [-0.4, -0.2) is 68.6 Å². The molecule has 2 saturated carbocycles. The summed E-state index contributed by atoms with van der Waals surface area (Å²) in [4.78, 5) is 41.3. The third kappa shape index (κ3) is 13.8. The molecule has 0 radical (unpaired) electrons. The molecule has 2 aromatic carbocycles. The molecule has 15 nitrogen and oxygen atoms in total. The Morgan fingerprint density at radius 3 is 1.45 bits per heavy atom. The number of amides is 1. The van der Waals surface area contributed by atoms with Crippen molar-refractivity contribution in [3.8, 4) is 0 Å². The maximum atomic E-state index is 12.0. The van der Waals surface area contributed by atoms with Crippen molar-refractivity contribution in [1.29, 1.82) is 0 Å². The molecule has 2 aliphatic carbocycles. The quantitative estimate of drug-likeness (QED) is 0.122. The van der Waals surface area contributed by atoms with Gasteiger partial charge >= 0.3 is 23.1 Å². The number of Topliss-reactive ketones (excluding diaryl/α,β-unsaturated/α-hetero) is 1. The van der Waals surface area contributed by atoms with E-state index in [1.807, 2.05) is 62.4 Å². The number of hydrogen-bond acceptors (Lipinski definition) is 14. The Morgan fingerprint density at radius 1 is 0.686 bits per heavy atom. The Morgan fingerprint density at radius 2 is 1.08 bits per heavy atom. The van der Waals surface area contributed by atoms with Gasteiger partial charge in [-0.2, -0.15) is 26.8 Å². The lowest BCUT2D eigenvalue weighted by atomic mass is 10.2. The Bertz CT molecular complexity index is 1850. The molecule has 0 unspecified atom stereocenters. The van der Waals surface area contributed by atoms with E-state index in [9.17, 15) is 9.59 Å². The van der Waals surface area contributed by atoms with E-state index in [4.69, 9.17) is 16.8 Å². The van der Waals surface area contributed by atoms with Crippen LogP contribution in [0.5, 0.6) is 0 Å². The Hall–Kier alpha value is -5.42. The van der Waals surface area contributed by atoms with Crippen LogP contribution < -0.4 is 26.6 Å². The molecule has 0 saturated heterocycles. The smallest absolute Gasteiger partial charge is 0.335 e. The van der Waals surface area contributed by atoms with Gasteiger partial charge in [-0.25, -0.2) is 9.97 Å². The fourth-order valence-corrected chi connectivity index (χ4v) is 4.48. The molecule has 1 amide bonds. The van der Waals surface area contributed by atoms with Crippen molar-refractivity contribution < 1.29 is 26.4 Å². The second-order valence-electron chi connectivity index (χ2n) is 11.7. The molecule has 6 rings (SSSR count). The number of ketones is 1. The molecule has 2 aliphatic rings. The van der Waals surface area contributed by atoms with Gasteiger partial charge in [0.15, 0.2) is 5.78 Å². The molecule has 2 fully saturated rings. The molecule has 17 heteroatoms. The first kappa shape index (κ1) is 40.0. The summed E-state index contributed by atoms with van der Waals surface area (Å²) in [7, 11) is 1.60.